The van der Waals surface area contributed by atoms with Crippen molar-refractivity contribution in [2.45, 2.75) is 25.4 Å². The molecule has 5 heteroatoms. The van der Waals surface area contributed by atoms with Crippen LogP contribution in [0.1, 0.15) is 17.7 Å². The van der Waals surface area contributed by atoms with Gasteiger partial charge >= 0.3 is 0 Å². The van der Waals surface area contributed by atoms with Gasteiger partial charge in [0, 0.05) is 23.7 Å². The van der Waals surface area contributed by atoms with E-state index in [0.29, 0.717) is 10.5 Å². The zero-order valence-electron chi connectivity index (χ0n) is 8.87. The van der Waals surface area contributed by atoms with Crippen molar-refractivity contribution in [3.8, 4) is 0 Å². The summed E-state index contributed by atoms with van der Waals surface area (Å²) < 4.78 is 0.648. The zero-order valence-corrected chi connectivity index (χ0v) is 10.4. The number of nitrogens with one attached hydrogen (secondary N) is 1. The normalized spacial score (nSPS) is 19.6. The maximum Gasteiger partial charge on any atom is 0.183 e. The first-order chi connectivity index (χ1) is 7.28. The van der Waals surface area contributed by atoms with Crippen LogP contribution in [0, 0.1) is 0 Å². The van der Waals surface area contributed by atoms with Crippen molar-refractivity contribution in [2.75, 3.05) is 20.1 Å². The third-order valence-corrected chi connectivity index (χ3v) is 4.00. The Kier molecular flexibility index (Phi) is 3.97. The number of piperidine rings is 1. The van der Waals surface area contributed by atoms with Crippen LogP contribution in [0.2, 0.25) is 4.47 Å². The minimum atomic E-state index is 0.648. The van der Waals surface area contributed by atoms with E-state index < -0.39 is 0 Å². The number of halogens is 1. The SMILES string of the molecule is CNC1CCN(Cc2cnc(Cl)s2)CC1. The molecule has 1 aromatic heterocycles. The van der Waals surface area contributed by atoms with Crippen LogP contribution in [0.4, 0.5) is 0 Å². The Balaban J connectivity index is 1.82. The number of hydrogen-bond donors (Lipinski definition) is 1. The first-order valence-electron chi connectivity index (χ1n) is 5.28. The fraction of sp³-hybridized carbons (Fsp3) is 0.700. The summed E-state index contributed by atoms with van der Waals surface area (Å²) in [5.41, 5.74) is 0. The van der Waals surface area contributed by atoms with E-state index in [-0.39, 0.29) is 0 Å². The summed E-state index contributed by atoms with van der Waals surface area (Å²) >= 11 is 7.39. The molecule has 0 atom stereocenters. The summed E-state index contributed by atoms with van der Waals surface area (Å²) in [6.07, 6.45) is 4.36. The van der Waals surface area contributed by atoms with Gasteiger partial charge in [-0.2, -0.15) is 0 Å². The minimum absolute atomic E-state index is 0.648. The Hall–Kier alpha value is -0.160. The lowest BCUT2D eigenvalue weighted by Crippen LogP contribution is -2.40. The van der Waals surface area contributed by atoms with Gasteiger partial charge in [-0.05, 0) is 33.0 Å². The average Bonchev–Trinajstić information content (AvgIpc) is 2.65. The summed E-state index contributed by atoms with van der Waals surface area (Å²) in [4.78, 5) is 7.79. The van der Waals surface area contributed by atoms with E-state index in [9.17, 15) is 0 Å². The second-order valence-electron chi connectivity index (χ2n) is 3.92. The van der Waals surface area contributed by atoms with Gasteiger partial charge in [0.15, 0.2) is 4.47 Å². The molecule has 0 amide bonds. The van der Waals surface area contributed by atoms with Crippen molar-refractivity contribution in [1.82, 2.24) is 15.2 Å². The van der Waals surface area contributed by atoms with Crippen molar-refractivity contribution >= 4 is 22.9 Å². The smallest absolute Gasteiger partial charge is 0.183 e. The highest BCUT2D eigenvalue weighted by molar-refractivity contribution is 7.15. The first kappa shape index (κ1) is 11.3. The second-order valence-corrected chi connectivity index (χ2v) is 5.62. The topological polar surface area (TPSA) is 28.2 Å². The molecule has 0 bridgehead atoms. The van der Waals surface area contributed by atoms with Crippen LogP contribution in [-0.2, 0) is 6.54 Å². The highest BCUT2D eigenvalue weighted by Gasteiger charge is 2.18. The van der Waals surface area contributed by atoms with E-state index in [1.807, 2.05) is 13.2 Å². The fourth-order valence-electron chi connectivity index (χ4n) is 1.96. The summed E-state index contributed by atoms with van der Waals surface area (Å²) in [6.45, 7) is 3.34. The Morgan fingerprint density at radius 3 is 2.87 bits per heavy atom. The third-order valence-electron chi connectivity index (χ3n) is 2.90. The van der Waals surface area contributed by atoms with Crippen LogP contribution < -0.4 is 5.32 Å². The third kappa shape index (κ3) is 3.14. The molecule has 1 aliphatic rings. The maximum atomic E-state index is 5.80. The summed E-state index contributed by atoms with van der Waals surface area (Å²) in [5, 5.41) is 3.33. The summed E-state index contributed by atoms with van der Waals surface area (Å²) in [5.74, 6) is 0. The van der Waals surface area contributed by atoms with Gasteiger partial charge in [-0.25, -0.2) is 4.98 Å². The van der Waals surface area contributed by atoms with Gasteiger partial charge in [0.1, 0.15) is 0 Å². The lowest BCUT2D eigenvalue weighted by Gasteiger charge is -2.31. The second kappa shape index (κ2) is 5.25. The van der Waals surface area contributed by atoms with Crippen LogP contribution in [0.25, 0.3) is 0 Å². The molecule has 2 heterocycles. The monoisotopic (exact) mass is 245 g/mol. The molecule has 1 fully saturated rings. The van der Waals surface area contributed by atoms with Crippen molar-refractivity contribution in [2.24, 2.45) is 0 Å². The fourth-order valence-corrected chi connectivity index (χ4v) is 2.98. The Bertz CT molecular complexity index is 307. The molecule has 84 valence electrons. The number of nitrogens with zero attached hydrogens (tertiary/aromatic N) is 2. The van der Waals surface area contributed by atoms with Crippen molar-refractivity contribution in [3.05, 3.63) is 15.5 Å². The van der Waals surface area contributed by atoms with E-state index in [1.165, 1.54) is 30.8 Å². The molecule has 1 aliphatic heterocycles. The number of aromatic nitrogens is 1. The lowest BCUT2D eigenvalue weighted by atomic mass is 10.1. The molecule has 2 rings (SSSR count). The number of hydrogen-bond acceptors (Lipinski definition) is 4. The highest BCUT2D eigenvalue weighted by atomic mass is 35.5. The van der Waals surface area contributed by atoms with Gasteiger partial charge in [0.2, 0.25) is 0 Å². The van der Waals surface area contributed by atoms with Gasteiger partial charge in [0.25, 0.3) is 0 Å². The molecule has 0 spiro atoms. The van der Waals surface area contributed by atoms with E-state index >= 15 is 0 Å². The molecular formula is C10H16ClN3S. The largest absolute Gasteiger partial charge is 0.317 e. The molecule has 3 nitrogen and oxygen atoms in total. The van der Waals surface area contributed by atoms with Crippen LogP contribution in [0.3, 0.4) is 0 Å². The average molecular weight is 246 g/mol. The molecule has 15 heavy (non-hydrogen) atoms. The Morgan fingerprint density at radius 1 is 1.60 bits per heavy atom. The van der Waals surface area contributed by atoms with Gasteiger partial charge in [-0.3, -0.25) is 4.90 Å². The maximum absolute atomic E-state index is 5.80. The number of rotatable bonds is 3. The van der Waals surface area contributed by atoms with Crippen LogP contribution >= 0.6 is 22.9 Å². The van der Waals surface area contributed by atoms with Gasteiger partial charge in [0.05, 0.1) is 0 Å². The van der Waals surface area contributed by atoms with Crippen LogP contribution in [0.5, 0.6) is 0 Å². The van der Waals surface area contributed by atoms with E-state index in [4.69, 9.17) is 11.6 Å². The van der Waals surface area contributed by atoms with Crippen LogP contribution in [0.15, 0.2) is 6.20 Å². The molecular weight excluding hydrogens is 230 g/mol. The van der Waals surface area contributed by atoms with Crippen LogP contribution in [-0.4, -0.2) is 36.1 Å². The first-order valence-corrected chi connectivity index (χ1v) is 6.47. The number of thiazole rings is 1. The minimum Gasteiger partial charge on any atom is -0.317 e. The highest BCUT2D eigenvalue weighted by Crippen LogP contribution is 2.21. The quantitative estimate of drug-likeness (QED) is 0.883. The molecule has 0 aliphatic carbocycles. The molecule has 1 N–H and O–H groups in total. The lowest BCUT2D eigenvalue weighted by molar-refractivity contribution is 0.196. The molecule has 1 saturated heterocycles. The standard InChI is InChI=1S/C10H16ClN3S/c1-12-8-2-4-14(5-3-8)7-9-6-13-10(11)15-9/h6,8,12H,2-5,7H2,1H3. The molecule has 0 unspecified atom stereocenters. The van der Waals surface area contributed by atoms with Gasteiger partial charge in [-0.15, -0.1) is 11.3 Å². The van der Waals surface area contributed by atoms with E-state index in [2.05, 4.69) is 15.2 Å². The van der Waals surface area contributed by atoms with E-state index in [1.54, 1.807) is 11.3 Å². The van der Waals surface area contributed by atoms with Crippen molar-refractivity contribution in [3.63, 3.8) is 0 Å². The molecule has 0 radical (unpaired) electrons. The van der Waals surface area contributed by atoms with Gasteiger partial charge < -0.3 is 5.32 Å². The Labute approximate surface area is 99.5 Å². The molecule has 0 aromatic carbocycles. The summed E-state index contributed by atoms with van der Waals surface area (Å²) in [7, 11) is 2.04. The predicted octanol–water partition coefficient (Wildman–Crippen LogP) is 1.98. The number of likely N-dealkylation sites (tertiary alicyclic amines) is 1. The van der Waals surface area contributed by atoms with Crippen molar-refractivity contribution < 1.29 is 0 Å². The summed E-state index contributed by atoms with van der Waals surface area (Å²) in [6, 6.07) is 0.700. The molecule has 1 aromatic rings. The van der Waals surface area contributed by atoms with Crippen molar-refractivity contribution in [1.29, 1.82) is 0 Å². The predicted molar refractivity (Wildman–Crippen MR) is 64.5 cm³/mol. The Morgan fingerprint density at radius 2 is 2.33 bits per heavy atom. The molecule has 0 saturated carbocycles. The van der Waals surface area contributed by atoms with Gasteiger partial charge in [-0.1, -0.05) is 11.6 Å². The zero-order chi connectivity index (χ0) is 10.7. The van der Waals surface area contributed by atoms with E-state index in [0.717, 1.165) is 6.54 Å².